The first-order valence-electron chi connectivity index (χ1n) is 8.75. The molecule has 0 radical (unpaired) electrons. The summed E-state index contributed by atoms with van der Waals surface area (Å²) in [4.78, 5) is 15.1. The number of morpholine rings is 1. The van der Waals surface area contributed by atoms with Gasteiger partial charge in [-0.1, -0.05) is 24.5 Å². The van der Waals surface area contributed by atoms with Crippen LogP contribution in [0.3, 0.4) is 0 Å². The number of fused-ring (bicyclic) bond motifs is 1. The lowest BCUT2D eigenvalue weighted by Crippen LogP contribution is -2.55. The summed E-state index contributed by atoms with van der Waals surface area (Å²) in [5.74, 6) is 0.912. The van der Waals surface area contributed by atoms with Crippen molar-refractivity contribution in [2.75, 3.05) is 31.6 Å². The Kier molecular flexibility index (Phi) is 3.75. The fourth-order valence-corrected chi connectivity index (χ4v) is 4.28. The minimum absolute atomic E-state index is 0.0930. The lowest BCUT2D eigenvalue weighted by atomic mass is 9.83. The zero-order valence-electron chi connectivity index (χ0n) is 13.8. The molecule has 1 N–H and O–H groups in total. The number of aryl methyl sites for hydroxylation is 1. The molecule has 2 fully saturated rings. The number of hydrogen-bond acceptors (Lipinski definition) is 5. The van der Waals surface area contributed by atoms with E-state index < -0.39 is 0 Å². The van der Waals surface area contributed by atoms with E-state index in [0.29, 0.717) is 13.2 Å². The van der Waals surface area contributed by atoms with Crippen molar-refractivity contribution in [3.63, 3.8) is 0 Å². The summed E-state index contributed by atoms with van der Waals surface area (Å²) in [6.45, 7) is 2.88. The molecule has 1 aromatic rings. The molecule has 1 saturated carbocycles. The van der Waals surface area contributed by atoms with Gasteiger partial charge in [0.05, 0.1) is 18.1 Å². The maximum atomic E-state index is 13.1. The van der Waals surface area contributed by atoms with E-state index in [9.17, 15) is 4.79 Å². The van der Waals surface area contributed by atoms with Crippen LogP contribution in [0.1, 0.15) is 50.1 Å². The molecule has 1 spiro atoms. The highest BCUT2D eigenvalue weighted by Crippen LogP contribution is 2.36. The fraction of sp³-hybridized carbons (Fsp3) is 0.812. The van der Waals surface area contributed by atoms with Gasteiger partial charge in [0.1, 0.15) is 11.5 Å². The van der Waals surface area contributed by atoms with Crippen LogP contribution in [-0.2, 0) is 16.6 Å². The number of aromatic nitrogens is 3. The van der Waals surface area contributed by atoms with Crippen LogP contribution >= 0.6 is 0 Å². The Bertz CT molecular complexity index is 588. The summed E-state index contributed by atoms with van der Waals surface area (Å²) in [6, 6.07) is 0. The van der Waals surface area contributed by atoms with Gasteiger partial charge in [0, 0.05) is 26.7 Å². The van der Waals surface area contributed by atoms with Crippen molar-refractivity contribution in [3.8, 4) is 0 Å². The van der Waals surface area contributed by atoms with Crippen molar-refractivity contribution >= 4 is 11.7 Å². The Hall–Kier alpha value is -1.63. The second kappa shape index (κ2) is 5.78. The van der Waals surface area contributed by atoms with Gasteiger partial charge in [-0.15, -0.1) is 5.10 Å². The van der Waals surface area contributed by atoms with Crippen molar-refractivity contribution in [1.29, 1.82) is 0 Å². The van der Waals surface area contributed by atoms with Crippen molar-refractivity contribution < 1.29 is 9.53 Å². The summed E-state index contributed by atoms with van der Waals surface area (Å²) in [7, 11) is 1.86. The molecule has 0 unspecified atom stereocenters. The third-order valence-corrected chi connectivity index (χ3v) is 5.53. The number of carbonyl (C=O) groups excluding carboxylic acids is 1. The molecule has 4 rings (SSSR count). The Labute approximate surface area is 136 Å². The predicted molar refractivity (Wildman–Crippen MR) is 85.2 cm³/mol. The molecule has 7 nitrogen and oxygen atoms in total. The van der Waals surface area contributed by atoms with Crippen molar-refractivity contribution in [3.05, 3.63) is 5.69 Å². The highest BCUT2D eigenvalue weighted by atomic mass is 16.5. The number of hydrogen-bond donors (Lipinski definition) is 1. The summed E-state index contributed by atoms with van der Waals surface area (Å²) >= 11 is 0. The van der Waals surface area contributed by atoms with E-state index in [2.05, 4.69) is 15.6 Å². The second-order valence-corrected chi connectivity index (χ2v) is 7.07. The molecule has 1 amide bonds. The average molecular weight is 319 g/mol. The van der Waals surface area contributed by atoms with E-state index in [1.54, 1.807) is 4.68 Å². The van der Waals surface area contributed by atoms with Crippen LogP contribution in [-0.4, -0.2) is 57.6 Å². The largest absolute Gasteiger partial charge is 0.371 e. The zero-order valence-corrected chi connectivity index (χ0v) is 13.8. The molecule has 0 bridgehead atoms. The van der Waals surface area contributed by atoms with E-state index in [1.165, 1.54) is 19.3 Å². The molecule has 3 heterocycles. The SMILES string of the molecule is Cn1nnc2c1NCC[C@@H]2C(=O)N1CCOC2(CCCCC2)C1. The quantitative estimate of drug-likeness (QED) is 0.844. The molecule has 3 aliphatic rings. The van der Waals surface area contributed by atoms with Crippen molar-refractivity contribution in [2.45, 2.75) is 50.0 Å². The summed E-state index contributed by atoms with van der Waals surface area (Å²) < 4.78 is 7.83. The van der Waals surface area contributed by atoms with Gasteiger partial charge in [0.2, 0.25) is 5.91 Å². The van der Waals surface area contributed by atoms with Gasteiger partial charge >= 0.3 is 0 Å². The predicted octanol–water partition coefficient (Wildman–Crippen LogP) is 1.28. The minimum atomic E-state index is -0.168. The summed E-state index contributed by atoms with van der Waals surface area (Å²) in [5.41, 5.74) is 0.706. The van der Waals surface area contributed by atoms with Crippen LogP contribution in [0.15, 0.2) is 0 Å². The van der Waals surface area contributed by atoms with Crippen LogP contribution in [0.4, 0.5) is 5.82 Å². The monoisotopic (exact) mass is 319 g/mol. The van der Waals surface area contributed by atoms with Crippen LogP contribution in [0.2, 0.25) is 0 Å². The fourth-order valence-electron chi connectivity index (χ4n) is 4.28. The number of nitrogens with one attached hydrogen (secondary N) is 1. The number of ether oxygens (including phenoxy) is 1. The Morgan fingerprint density at radius 3 is 3.00 bits per heavy atom. The zero-order chi connectivity index (χ0) is 15.9. The van der Waals surface area contributed by atoms with E-state index in [0.717, 1.165) is 43.9 Å². The molecule has 1 aromatic heterocycles. The third-order valence-electron chi connectivity index (χ3n) is 5.53. The number of nitrogens with zero attached hydrogens (tertiary/aromatic N) is 4. The molecule has 23 heavy (non-hydrogen) atoms. The first kappa shape index (κ1) is 14.9. The van der Waals surface area contributed by atoms with Gasteiger partial charge in [-0.3, -0.25) is 4.79 Å². The first-order valence-corrected chi connectivity index (χ1v) is 8.75. The highest BCUT2D eigenvalue weighted by Gasteiger charge is 2.42. The molecular weight excluding hydrogens is 294 g/mol. The number of amides is 1. The van der Waals surface area contributed by atoms with Gasteiger partial charge in [0.25, 0.3) is 0 Å². The van der Waals surface area contributed by atoms with E-state index in [1.807, 2.05) is 11.9 Å². The van der Waals surface area contributed by atoms with E-state index in [4.69, 9.17) is 4.74 Å². The van der Waals surface area contributed by atoms with Crippen LogP contribution < -0.4 is 5.32 Å². The van der Waals surface area contributed by atoms with Crippen molar-refractivity contribution in [2.24, 2.45) is 7.05 Å². The van der Waals surface area contributed by atoms with Gasteiger partial charge in [-0.25, -0.2) is 4.68 Å². The molecule has 1 aliphatic carbocycles. The molecule has 0 aromatic carbocycles. The molecular formula is C16H25N5O2. The van der Waals surface area contributed by atoms with Crippen LogP contribution in [0.5, 0.6) is 0 Å². The Balaban J connectivity index is 1.53. The number of carbonyl (C=O) groups is 1. The smallest absolute Gasteiger partial charge is 0.232 e. The maximum Gasteiger partial charge on any atom is 0.232 e. The lowest BCUT2D eigenvalue weighted by Gasteiger charge is -2.45. The lowest BCUT2D eigenvalue weighted by molar-refractivity contribution is -0.157. The Morgan fingerprint density at radius 1 is 1.35 bits per heavy atom. The van der Waals surface area contributed by atoms with Gasteiger partial charge in [0.15, 0.2) is 0 Å². The Morgan fingerprint density at radius 2 is 2.17 bits per heavy atom. The standard InChI is InChI=1S/C16H25N5O2/c1-20-14-13(18-19-20)12(5-8-17-14)15(22)21-9-10-23-16(11-21)6-3-2-4-7-16/h12,17H,2-11H2,1H3/t12-/m0/s1. The maximum absolute atomic E-state index is 13.1. The molecule has 126 valence electrons. The molecule has 1 saturated heterocycles. The average Bonchev–Trinajstić information content (AvgIpc) is 2.96. The van der Waals surface area contributed by atoms with Crippen LogP contribution in [0.25, 0.3) is 0 Å². The van der Waals surface area contributed by atoms with E-state index >= 15 is 0 Å². The van der Waals surface area contributed by atoms with Gasteiger partial charge in [-0.05, 0) is 19.3 Å². The molecule has 2 aliphatic heterocycles. The first-order chi connectivity index (χ1) is 11.2. The minimum Gasteiger partial charge on any atom is -0.371 e. The van der Waals surface area contributed by atoms with Crippen LogP contribution in [0, 0.1) is 0 Å². The van der Waals surface area contributed by atoms with E-state index in [-0.39, 0.29) is 17.4 Å². The molecule has 1 atom stereocenters. The molecule has 7 heteroatoms. The second-order valence-electron chi connectivity index (χ2n) is 7.07. The van der Waals surface area contributed by atoms with Gasteiger partial charge in [-0.2, -0.15) is 0 Å². The van der Waals surface area contributed by atoms with Gasteiger partial charge < -0.3 is 15.0 Å². The topological polar surface area (TPSA) is 72.3 Å². The summed E-state index contributed by atoms with van der Waals surface area (Å²) in [5, 5.41) is 11.6. The third kappa shape index (κ3) is 2.60. The normalized spacial score (nSPS) is 26.7. The summed E-state index contributed by atoms with van der Waals surface area (Å²) in [6.07, 6.45) is 6.66. The van der Waals surface area contributed by atoms with Crippen molar-refractivity contribution in [1.82, 2.24) is 19.9 Å². The number of rotatable bonds is 1. The number of anilines is 1. The highest BCUT2D eigenvalue weighted by molar-refractivity contribution is 5.85.